The van der Waals surface area contributed by atoms with Gasteiger partial charge >= 0.3 is 12.6 Å². The zero-order chi connectivity index (χ0) is 21.0. The third-order valence-electron chi connectivity index (χ3n) is 3.61. The van der Waals surface area contributed by atoms with Crippen molar-refractivity contribution in [2.75, 3.05) is 6.61 Å². The molecule has 0 aliphatic rings. The first-order valence-corrected chi connectivity index (χ1v) is 8.45. The van der Waals surface area contributed by atoms with Gasteiger partial charge in [0.15, 0.2) is 6.61 Å². The molecule has 1 aromatic heterocycles. The zero-order valence-electron chi connectivity index (χ0n) is 14.5. The van der Waals surface area contributed by atoms with Crippen molar-refractivity contribution in [2.45, 2.75) is 6.61 Å². The molecular weight excluding hydrogens is 412 g/mol. The second-order valence-electron chi connectivity index (χ2n) is 5.65. The number of nitrogens with one attached hydrogen (secondary N) is 1. The molecule has 2 aromatic carbocycles. The number of rotatable bonds is 6. The van der Waals surface area contributed by atoms with Gasteiger partial charge in [-0.1, -0.05) is 11.6 Å². The van der Waals surface area contributed by atoms with Gasteiger partial charge in [-0.3, -0.25) is 14.9 Å². The Kier molecular flexibility index (Phi) is 6.08. The summed E-state index contributed by atoms with van der Waals surface area (Å²) in [5.41, 5.74) is 0.445. The first-order valence-electron chi connectivity index (χ1n) is 8.07. The molecule has 0 spiro atoms. The van der Waals surface area contributed by atoms with E-state index in [9.17, 15) is 23.2 Å². The summed E-state index contributed by atoms with van der Waals surface area (Å²) in [5, 5.41) is 3.05. The standard InChI is InChI=1S/C19H12ClF2NO6/c20-12-3-6-14-11(7-12)8-15(29-14)18(26)27-9-16(24)23-17(25)10-1-4-13(5-2-10)28-19(21)22/h1-8,19H,9H2,(H,23,24,25). The van der Waals surface area contributed by atoms with E-state index >= 15 is 0 Å². The lowest BCUT2D eigenvalue weighted by atomic mass is 10.2. The number of halogens is 3. The lowest BCUT2D eigenvalue weighted by Gasteiger charge is -2.07. The largest absolute Gasteiger partial charge is 0.450 e. The molecule has 7 nitrogen and oxygen atoms in total. The van der Waals surface area contributed by atoms with E-state index in [1.54, 1.807) is 18.2 Å². The first-order chi connectivity index (χ1) is 13.8. The van der Waals surface area contributed by atoms with Crippen molar-refractivity contribution in [3.8, 4) is 5.75 Å². The summed E-state index contributed by atoms with van der Waals surface area (Å²) in [4.78, 5) is 35.8. The molecule has 0 radical (unpaired) electrons. The van der Waals surface area contributed by atoms with Crippen LogP contribution < -0.4 is 10.1 Å². The van der Waals surface area contributed by atoms with Gasteiger partial charge in [-0.25, -0.2) is 4.79 Å². The van der Waals surface area contributed by atoms with Crippen molar-refractivity contribution >= 4 is 40.4 Å². The summed E-state index contributed by atoms with van der Waals surface area (Å²) in [6, 6.07) is 10.9. The maximum absolute atomic E-state index is 12.1. The summed E-state index contributed by atoms with van der Waals surface area (Å²) >= 11 is 5.86. The Morgan fingerprint density at radius 1 is 1.07 bits per heavy atom. The highest BCUT2D eigenvalue weighted by Gasteiger charge is 2.17. The molecule has 2 amide bonds. The fourth-order valence-corrected chi connectivity index (χ4v) is 2.52. The van der Waals surface area contributed by atoms with Crippen molar-refractivity contribution in [2.24, 2.45) is 0 Å². The molecule has 0 aliphatic heterocycles. The number of furan rings is 1. The van der Waals surface area contributed by atoms with Gasteiger partial charge in [-0.05, 0) is 48.5 Å². The molecule has 3 rings (SSSR count). The highest BCUT2D eigenvalue weighted by Crippen LogP contribution is 2.23. The van der Waals surface area contributed by atoms with Gasteiger partial charge in [0.25, 0.3) is 11.8 Å². The minimum atomic E-state index is -2.99. The van der Waals surface area contributed by atoms with Gasteiger partial charge in [0.2, 0.25) is 5.76 Å². The quantitative estimate of drug-likeness (QED) is 0.606. The van der Waals surface area contributed by atoms with E-state index in [1.807, 2.05) is 5.32 Å². The minimum absolute atomic E-state index is 0.0282. The number of amides is 2. The van der Waals surface area contributed by atoms with Gasteiger partial charge < -0.3 is 13.9 Å². The average Bonchev–Trinajstić information content (AvgIpc) is 3.09. The van der Waals surface area contributed by atoms with E-state index < -0.39 is 31.0 Å². The van der Waals surface area contributed by atoms with Gasteiger partial charge in [-0.15, -0.1) is 0 Å². The normalized spacial score (nSPS) is 10.8. The Balaban J connectivity index is 1.53. The fourth-order valence-electron chi connectivity index (χ4n) is 2.34. The van der Waals surface area contributed by atoms with Gasteiger partial charge in [-0.2, -0.15) is 8.78 Å². The lowest BCUT2D eigenvalue weighted by Crippen LogP contribution is -2.34. The molecule has 0 bridgehead atoms. The SMILES string of the molecule is O=C(COC(=O)c1cc2cc(Cl)ccc2o1)NC(=O)c1ccc(OC(F)F)cc1. The number of hydrogen-bond donors (Lipinski definition) is 1. The number of hydrogen-bond acceptors (Lipinski definition) is 6. The van der Waals surface area contributed by atoms with Crippen LogP contribution in [0.2, 0.25) is 5.02 Å². The summed E-state index contributed by atoms with van der Waals surface area (Å²) in [6.45, 7) is -3.72. The molecule has 10 heteroatoms. The zero-order valence-corrected chi connectivity index (χ0v) is 15.2. The lowest BCUT2D eigenvalue weighted by molar-refractivity contribution is -0.123. The number of fused-ring (bicyclic) bond motifs is 1. The predicted octanol–water partition coefficient (Wildman–Crippen LogP) is 3.80. The van der Waals surface area contributed by atoms with Crippen molar-refractivity contribution in [1.82, 2.24) is 5.32 Å². The third-order valence-corrected chi connectivity index (χ3v) is 3.84. The second kappa shape index (κ2) is 8.70. The molecule has 1 heterocycles. The molecule has 0 saturated heterocycles. The summed E-state index contributed by atoms with van der Waals surface area (Å²) in [5.74, 6) is -2.84. The molecule has 0 saturated carbocycles. The molecule has 29 heavy (non-hydrogen) atoms. The highest BCUT2D eigenvalue weighted by atomic mass is 35.5. The number of imide groups is 1. The van der Waals surface area contributed by atoms with Crippen LogP contribution in [0.4, 0.5) is 8.78 Å². The van der Waals surface area contributed by atoms with Crippen molar-refractivity contribution < 1.29 is 37.1 Å². The van der Waals surface area contributed by atoms with Gasteiger partial charge in [0, 0.05) is 16.0 Å². The van der Waals surface area contributed by atoms with Crippen LogP contribution >= 0.6 is 11.6 Å². The maximum Gasteiger partial charge on any atom is 0.387 e. The smallest absolute Gasteiger partial charge is 0.387 e. The summed E-state index contributed by atoms with van der Waals surface area (Å²) in [7, 11) is 0. The average molecular weight is 424 g/mol. The van der Waals surface area contributed by atoms with Crippen LogP contribution in [0, 0.1) is 0 Å². The number of carbonyl (C=O) groups is 3. The van der Waals surface area contributed by atoms with Crippen molar-refractivity contribution in [3.63, 3.8) is 0 Å². The first kappa shape index (κ1) is 20.3. The van der Waals surface area contributed by atoms with E-state index in [0.717, 1.165) is 12.1 Å². The van der Waals surface area contributed by atoms with E-state index in [1.165, 1.54) is 18.2 Å². The van der Waals surface area contributed by atoms with Crippen molar-refractivity contribution in [1.29, 1.82) is 0 Å². The topological polar surface area (TPSA) is 94.8 Å². The number of alkyl halides is 2. The van der Waals surface area contributed by atoms with Crippen LogP contribution in [0.1, 0.15) is 20.9 Å². The molecular formula is C19H12ClF2NO6. The monoisotopic (exact) mass is 423 g/mol. The predicted molar refractivity (Wildman–Crippen MR) is 97.1 cm³/mol. The number of esters is 1. The molecule has 0 aliphatic carbocycles. The Bertz CT molecular complexity index is 1060. The molecule has 0 unspecified atom stereocenters. The molecule has 3 aromatic rings. The summed E-state index contributed by atoms with van der Waals surface area (Å²) in [6.07, 6.45) is 0. The van der Waals surface area contributed by atoms with E-state index in [4.69, 9.17) is 20.8 Å². The molecule has 0 atom stereocenters. The number of benzene rings is 2. The Hall–Kier alpha value is -3.46. The van der Waals surface area contributed by atoms with Crippen LogP contribution in [0.5, 0.6) is 5.75 Å². The van der Waals surface area contributed by atoms with Crippen LogP contribution in [0.15, 0.2) is 52.9 Å². The van der Waals surface area contributed by atoms with Crippen molar-refractivity contribution in [3.05, 3.63) is 64.9 Å². The van der Waals surface area contributed by atoms with Gasteiger partial charge in [0.05, 0.1) is 0 Å². The van der Waals surface area contributed by atoms with Gasteiger partial charge in [0.1, 0.15) is 11.3 Å². The highest BCUT2D eigenvalue weighted by molar-refractivity contribution is 6.31. The van der Waals surface area contributed by atoms with Crippen LogP contribution in [0.3, 0.4) is 0 Å². The Morgan fingerprint density at radius 2 is 1.79 bits per heavy atom. The van der Waals surface area contributed by atoms with E-state index in [2.05, 4.69) is 4.74 Å². The van der Waals surface area contributed by atoms with E-state index in [0.29, 0.717) is 16.0 Å². The molecule has 0 fully saturated rings. The summed E-state index contributed by atoms with van der Waals surface area (Å²) < 4.78 is 38.5. The Morgan fingerprint density at radius 3 is 2.48 bits per heavy atom. The number of carbonyl (C=O) groups excluding carboxylic acids is 3. The maximum atomic E-state index is 12.1. The fraction of sp³-hybridized carbons (Fsp3) is 0.105. The van der Waals surface area contributed by atoms with Crippen LogP contribution in [0.25, 0.3) is 11.0 Å². The second-order valence-corrected chi connectivity index (χ2v) is 6.09. The van der Waals surface area contributed by atoms with Crippen LogP contribution in [-0.4, -0.2) is 31.0 Å². The minimum Gasteiger partial charge on any atom is -0.450 e. The third kappa shape index (κ3) is 5.29. The molecule has 150 valence electrons. The molecule has 1 N–H and O–H groups in total. The number of ether oxygens (including phenoxy) is 2. The van der Waals surface area contributed by atoms with E-state index in [-0.39, 0.29) is 17.1 Å². The van der Waals surface area contributed by atoms with Crippen LogP contribution in [-0.2, 0) is 9.53 Å². The Labute approximate surface area is 167 Å².